The van der Waals surface area contributed by atoms with Gasteiger partial charge in [-0.15, -0.1) is 0 Å². The van der Waals surface area contributed by atoms with E-state index in [0.29, 0.717) is 25.9 Å². The quantitative estimate of drug-likeness (QED) is 0.625. The number of nitrogens with zero attached hydrogens (tertiary/aromatic N) is 2. The van der Waals surface area contributed by atoms with Gasteiger partial charge in [0.15, 0.2) is 0 Å². The lowest BCUT2D eigenvalue weighted by Gasteiger charge is -2.36. The summed E-state index contributed by atoms with van der Waals surface area (Å²) in [5, 5.41) is 0. The number of hydrogen-bond acceptors (Lipinski definition) is 2. The molecule has 90 valence electrons. The number of piperidine rings is 2. The van der Waals surface area contributed by atoms with Gasteiger partial charge in [-0.2, -0.15) is 0 Å². The molecule has 2 saturated heterocycles. The Morgan fingerprint density at radius 3 is 2.12 bits per heavy atom. The first kappa shape index (κ1) is 11.4. The van der Waals surface area contributed by atoms with Crippen LogP contribution in [0, 0.1) is 5.92 Å². The second kappa shape index (κ2) is 4.85. The fraction of sp³-hybridized carbons (Fsp3) is 0.833. The minimum absolute atomic E-state index is 0.138. The molecule has 2 aliphatic heterocycles. The minimum Gasteiger partial charge on any atom is -0.325 e. The van der Waals surface area contributed by atoms with Crippen LogP contribution >= 0.6 is 0 Å². The maximum absolute atomic E-state index is 12.1. The van der Waals surface area contributed by atoms with E-state index in [9.17, 15) is 9.59 Å². The third kappa shape index (κ3) is 2.54. The Morgan fingerprint density at radius 1 is 1.06 bits per heavy atom. The van der Waals surface area contributed by atoms with E-state index in [1.54, 1.807) is 0 Å². The number of hydrogen-bond donors (Lipinski definition) is 0. The smallest absolute Gasteiger partial charge is 0.320 e. The Kier molecular flexibility index (Phi) is 3.46. The molecule has 2 aliphatic rings. The zero-order valence-electron chi connectivity index (χ0n) is 9.95. The molecular formula is C12H20N2O2. The summed E-state index contributed by atoms with van der Waals surface area (Å²) in [5.41, 5.74) is 0. The molecule has 0 N–H and O–H groups in total. The molecule has 2 rings (SSSR count). The number of carbonyl (C=O) groups excluding carboxylic acids is 2. The van der Waals surface area contributed by atoms with E-state index >= 15 is 0 Å². The van der Waals surface area contributed by atoms with Crippen LogP contribution in [-0.2, 0) is 4.79 Å². The molecule has 0 unspecified atom stereocenters. The fourth-order valence-corrected chi connectivity index (χ4v) is 2.35. The average Bonchev–Trinajstić information content (AvgIpc) is 2.30. The van der Waals surface area contributed by atoms with Gasteiger partial charge in [-0.05, 0) is 18.8 Å². The van der Waals surface area contributed by atoms with Crippen LogP contribution in [0.5, 0.6) is 0 Å². The van der Waals surface area contributed by atoms with Gasteiger partial charge in [0.1, 0.15) is 5.78 Å². The summed E-state index contributed by atoms with van der Waals surface area (Å²) >= 11 is 0. The lowest BCUT2D eigenvalue weighted by atomic mass is 9.99. The number of carbonyl (C=O) groups is 2. The average molecular weight is 224 g/mol. The van der Waals surface area contributed by atoms with E-state index in [-0.39, 0.29) is 11.8 Å². The molecule has 0 radical (unpaired) electrons. The highest BCUT2D eigenvalue weighted by atomic mass is 16.2. The monoisotopic (exact) mass is 224 g/mol. The zero-order chi connectivity index (χ0) is 11.5. The first-order chi connectivity index (χ1) is 7.66. The Bertz CT molecular complexity index is 273. The predicted molar refractivity (Wildman–Crippen MR) is 61.2 cm³/mol. The largest absolute Gasteiger partial charge is 0.325 e. The maximum Gasteiger partial charge on any atom is 0.320 e. The molecule has 2 fully saturated rings. The molecule has 4 heteroatoms. The van der Waals surface area contributed by atoms with Gasteiger partial charge in [0.2, 0.25) is 0 Å². The van der Waals surface area contributed by atoms with Gasteiger partial charge in [-0.1, -0.05) is 6.92 Å². The van der Waals surface area contributed by atoms with Gasteiger partial charge in [-0.3, -0.25) is 4.79 Å². The van der Waals surface area contributed by atoms with Crippen LogP contribution in [0.25, 0.3) is 0 Å². The molecule has 0 aromatic rings. The summed E-state index contributed by atoms with van der Waals surface area (Å²) in [5.74, 6) is 1.03. The van der Waals surface area contributed by atoms with Crippen LogP contribution in [0.4, 0.5) is 4.79 Å². The minimum atomic E-state index is 0.138. The summed E-state index contributed by atoms with van der Waals surface area (Å²) in [4.78, 5) is 27.0. The highest BCUT2D eigenvalue weighted by Crippen LogP contribution is 2.18. The highest BCUT2D eigenvalue weighted by molar-refractivity contribution is 5.82. The summed E-state index contributed by atoms with van der Waals surface area (Å²) in [6, 6.07) is 0.138. The Balaban J connectivity index is 1.85. The number of Topliss-reactive ketones (excluding diaryl/α,β-unsaturated/α-hetero) is 1. The highest BCUT2D eigenvalue weighted by Gasteiger charge is 2.27. The van der Waals surface area contributed by atoms with E-state index in [4.69, 9.17) is 0 Å². The fourth-order valence-electron chi connectivity index (χ4n) is 2.35. The number of ketones is 1. The lowest BCUT2D eigenvalue weighted by molar-refractivity contribution is -0.121. The molecule has 0 aliphatic carbocycles. The van der Waals surface area contributed by atoms with Crippen molar-refractivity contribution in [1.82, 2.24) is 9.80 Å². The van der Waals surface area contributed by atoms with Gasteiger partial charge in [0.05, 0.1) is 0 Å². The topological polar surface area (TPSA) is 40.6 Å². The van der Waals surface area contributed by atoms with Crippen molar-refractivity contribution in [3.8, 4) is 0 Å². The molecule has 2 amide bonds. The molecule has 0 aromatic heterocycles. The normalized spacial score (nSPS) is 23.7. The standard InChI is InChI=1S/C12H20N2O2/c1-10-2-6-13(7-3-10)12(16)14-8-4-11(15)5-9-14/h10H,2-9H2,1H3. The van der Waals surface area contributed by atoms with Crippen LogP contribution in [-0.4, -0.2) is 47.8 Å². The van der Waals surface area contributed by atoms with E-state index in [0.717, 1.165) is 31.8 Å². The SMILES string of the molecule is CC1CCN(C(=O)N2CCC(=O)CC2)CC1. The first-order valence-electron chi connectivity index (χ1n) is 6.22. The lowest BCUT2D eigenvalue weighted by Crippen LogP contribution is -2.49. The van der Waals surface area contributed by atoms with Crippen LogP contribution in [0.3, 0.4) is 0 Å². The van der Waals surface area contributed by atoms with Crippen LogP contribution < -0.4 is 0 Å². The number of rotatable bonds is 0. The predicted octanol–water partition coefficient (Wildman–Crippen LogP) is 1.50. The Labute approximate surface area is 96.6 Å². The van der Waals surface area contributed by atoms with E-state index < -0.39 is 0 Å². The summed E-state index contributed by atoms with van der Waals surface area (Å²) < 4.78 is 0. The molecule has 0 aromatic carbocycles. The molecular weight excluding hydrogens is 204 g/mol. The van der Waals surface area contributed by atoms with Crippen molar-refractivity contribution in [3.63, 3.8) is 0 Å². The van der Waals surface area contributed by atoms with E-state index in [2.05, 4.69) is 6.92 Å². The number of likely N-dealkylation sites (tertiary alicyclic amines) is 2. The Morgan fingerprint density at radius 2 is 1.56 bits per heavy atom. The van der Waals surface area contributed by atoms with Crippen molar-refractivity contribution in [3.05, 3.63) is 0 Å². The van der Waals surface area contributed by atoms with Gasteiger partial charge in [0.25, 0.3) is 0 Å². The van der Waals surface area contributed by atoms with E-state index in [1.807, 2.05) is 9.80 Å². The van der Waals surface area contributed by atoms with Crippen LogP contribution in [0.2, 0.25) is 0 Å². The van der Waals surface area contributed by atoms with Crippen LogP contribution in [0.15, 0.2) is 0 Å². The van der Waals surface area contributed by atoms with Crippen LogP contribution in [0.1, 0.15) is 32.6 Å². The second-order valence-corrected chi connectivity index (χ2v) is 4.98. The molecule has 4 nitrogen and oxygen atoms in total. The van der Waals surface area contributed by atoms with Gasteiger partial charge in [-0.25, -0.2) is 4.79 Å². The molecule has 0 saturated carbocycles. The number of amides is 2. The Hall–Kier alpha value is -1.06. The molecule has 2 heterocycles. The zero-order valence-corrected chi connectivity index (χ0v) is 9.95. The molecule has 0 spiro atoms. The van der Waals surface area contributed by atoms with Crippen molar-refractivity contribution >= 4 is 11.8 Å². The summed E-state index contributed by atoms with van der Waals surface area (Å²) in [6.07, 6.45) is 3.29. The van der Waals surface area contributed by atoms with Crippen molar-refractivity contribution in [1.29, 1.82) is 0 Å². The van der Waals surface area contributed by atoms with Gasteiger partial charge in [0, 0.05) is 39.0 Å². The maximum atomic E-state index is 12.1. The molecule has 0 bridgehead atoms. The molecule has 16 heavy (non-hydrogen) atoms. The van der Waals surface area contributed by atoms with Crippen molar-refractivity contribution in [2.75, 3.05) is 26.2 Å². The van der Waals surface area contributed by atoms with E-state index in [1.165, 1.54) is 0 Å². The van der Waals surface area contributed by atoms with Gasteiger partial charge < -0.3 is 9.80 Å². The third-order valence-corrected chi connectivity index (χ3v) is 3.65. The van der Waals surface area contributed by atoms with Crippen molar-refractivity contribution in [2.45, 2.75) is 32.6 Å². The summed E-state index contributed by atoms with van der Waals surface area (Å²) in [6.45, 7) is 5.23. The van der Waals surface area contributed by atoms with Gasteiger partial charge >= 0.3 is 6.03 Å². The molecule has 0 atom stereocenters. The van der Waals surface area contributed by atoms with Crippen molar-refractivity contribution in [2.24, 2.45) is 5.92 Å². The first-order valence-corrected chi connectivity index (χ1v) is 6.22. The number of urea groups is 1. The van der Waals surface area contributed by atoms with Crippen molar-refractivity contribution < 1.29 is 9.59 Å². The summed E-state index contributed by atoms with van der Waals surface area (Å²) in [7, 11) is 0. The third-order valence-electron chi connectivity index (χ3n) is 3.65. The second-order valence-electron chi connectivity index (χ2n) is 4.98.